The van der Waals surface area contributed by atoms with Crippen molar-refractivity contribution >= 4 is 11.6 Å². The third kappa shape index (κ3) is 2.76. The fourth-order valence-corrected chi connectivity index (χ4v) is 2.15. The van der Waals surface area contributed by atoms with Crippen LogP contribution in [-0.4, -0.2) is 26.8 Å². The maximum Gasteiger partial charge on any atom is 0.0587 e. The third-order valence-electron chi connectivity index (χ3n) is 3.26. The highest BCUT2D eigenvalue weighted by molar-refractivity contribution is 6.30. The first kappa shape index (κ1) is 11.9. The molecule has 0 aromatic heterocycles. The Balaban J connectivity index is 1.90. The van der Waals surface area contributed by atoms with Gasteiger partial charge < -0.3 is 10.1 Å². The second kappa shape index (κ2) is 5.17. The Morgan fingerprint density at radius 3 is 2.56 bits per heavy atom. The largest absolute Gasteiger partial charge is 0.383 e. The van der Waals surface area contributed by atoms with Crippen molar-refractivity contribution in [3.05, 3.63) is 34.9 Å². The van der Waals surface area contributed by atoms with Crippen LogP contribution in [0.3, 0.4) is 0 Å². The van der Waals surface area contributed by atoms with Gasteiger partial charge in [0.15, 0.2) is 0 Å². The van der Waals surface area contributed by atoms with E-state index in [9.17, 15) is 0 Å². The van der Waals surface area contributed by atoms with Gasteiger partial charge in [-0.15, -0.1) is 0 Å². The van der Waals surface area contributed by atoms with E-state index in [1.165, 1.54) is 18.4 Å². The van der Waals surface area contributed by atoms with Crippen LogP contribution in [0.5, 0.6) is 0 Å². The Bertz CT molecular complexity index is 332. The van der Waals surface area contributed by atoms with E-state index in [2.05, 4.69) is 17.4 Å². The molecule has 3 heteroatoms. The van der Waals surface area contributed by atoms with Gasteiger partial charge in [0.1, 0.15) is 0 Å². The van der Waals surface area contributed by atoms with Crippen LogP contribution in [-0.2, 0) is 10.2 Å². The summed E-state index contributed by atoms with van der Waals surface area (Å²) >= 11 is 5.90. The molecule has 2 rings (SSSR count). The van der Waals surface area contributed by atoms with E-state index in [4.69, 9.17) is 16.3 Å². The number of ether oxygens (including phenoxy) is 1. The van der Waals surface area contributed by atoms with Crippen molar-refractivity contribution in [1.29, 1.82) is 0 Å². The molecule has 2 nitrogen and oxygen atoms in total. The summed E-state index contributed by atoms with van der Waals surface area (Å²) in [6, 6.07) is 8.25. The minimum Gasteiger partial charge on any atom is -0.383 e. The topological polar surface area (TPSA) is 21.3 Å². The van der Waals surface area contributed by atoms with Crippen molar-refractivity contribution in [3.63, 3.8) is 0 Å². The van der Waals surface area contributed by atoms with Crippen LogP contribution in [0.2, 0.25) is 5.02 Å². The van der Waals surface area contributed by atoms with Crippen LogP contribution in [0.4, 0.5) is 0 Å². The Hall–Kier alpha value is -0.570. The van der Waals surface area contributed by atoms with E-state index in [1.54, 1.807) is 7.11 Å². The zero-order valence-electron chi connectivity index (χ0n) is 9.63. The molecular formula is C13H18ClNO. The highest BCUT2D eigenvalue weighted by Crippen LogP contribution is 2.47. The quantitative estimate of drug-likeness (QED) is 0.771. The predicted molar refractivity (Wildman–Crippen MR) is 67.1 cm³/mol. The number of halogens is 1. The van der Waals surface area contributed by atoms with Crippen LogP contribution in [0, 0.1) is 0 Å². The smallest absolute Gasteiger partial charge is 0.0587 e. The highest BCUT2D eigenvalue weighted by atomic mass is 35.5. The molecule has 1 N–H and O–H groups in total. The Morgan fingerprint density at radius 1 is 1.31 bits per heavy atom. The SMILES string of the molecule is COCCNCC1(c2ccc(Cl)cc2)CC1. The molecule has 0 spiro atoms. The Labute approximate surface area is 102 Å². The molecule has 0 aliphatic heterocycles. The molecule has 1 aliphatic carbocycles. The van der Waals surface area contributed by atoms with Crippen LogP contribution < -0.4 is 5.32 Å². The van der Waals surface area contributed by atoms with Crippen molar-refractivity contribution in [2.45, 2.75) is 18.3 Å². The van der Waals surface area contributed by atoms with Gasteiger partial charge >= 0.3 is 0 Å². The van der Waals surface area contributed by atoms with Gasteiger partial charge in [-0.2, -0.15) is 0 Å². The number of hydrogen-bond acceptors (Lipinski definition) is 2. The zero-order chi connectivity index (χ0) is 11.4. The molecule has 1 aliphatic rings. The van der Waals surface area contributed by atoms with Gasteiger partial charge in [0.25, 0.3) is 0 Å². The average Bonchev–Trinajstić information content (AvgIpc) is 3.07. The van der Waals surface area contributed by atoms with Crippen molar-refractivity contribution in [2.75, 3.05) is 26.8 Å². The minimum atomic E-state index is 0.359. The van der Waals surface area contributed by atoms with Gasteiger partial charge in [-0.1, -0.05) is 23.7 Å². The van der Waals surface area contributed by atoms with Crippen molar-refractivity contribution in [1.82, 2.24) is 5.32 Å². The summed E-state index contributed by atoms with van der Waals surface area (Å²) in [7, 11) is 1.73. The number of nitrogens with one attached hydrogen (secondary N) is 1. The predicted octanol–water partition coefficient (Wildman–Crippen LogP) is 2.61. The fourth-order valence-electron chi connectivity index (χ4n) is 2.02. The summed E-state index contributed by atoms with van der Waals surface area (Å²) < 4.78 is 5.02. The van der Waals surface area contributed by atoms with Crippen molar-refractivity contribution < 1.29 is 4.74 Å². The number of rotatable bonds is 6. The molecule has 1 saturated carbocycles. The van der Waals surface area contributed by atoms with Gasteiger partial charge in [-0.05, 0) is 30.5 Å². The molecular weight excluding hydrogens is 222 g/mol. The van der Waals surface area contributed by atoms with Gasteiger partial charge in [0.05, 0.1) is 6.61 Å². The van der Waals surface area contributed by atoms with Crippen molar-refractivity contribution in [3.8, 4) is 0 Å². The van der Waals surface area contributed by atoms with Crippen LogP contribution >= 0.6 is 11.6 Å². The van der Waals surface area contributed by atoms with Crippen molar-refractivity contribution in [2.24, 2.45) is 0 Å². The number of methoxy groups -OCH3 is 1. The first-order valence-corrected chi connectivity index (χ1v) is 6.10. The average molecular weight is 240 g/mol. The Kier molecular flexibility index (Phi) is 3.85. The second-order valence-corrected chi connectivity index (χ2v) is 4.89. The van der Waals surface area contributed by atoms with Crippen LogP contribution in [0.15, 0.2) is 24.3 Å². The number of hydrogen-bond donors (Lipinski definition) is 1. The van der Waals surface area contributed by atoms with E-state index in [0.29, 0.717) is 5.41 Å². The monoisotopic (exact) mass is 239 g/mol. The maximum absolute atomic E-state index is 5.90. The molecule has 0 heterocycles. The normalized spacial score (nSPS) is 17.4. The molecule has 0 radical (unpaired) electrons. The summed E-state index contributed by atoms with van der Waals surface area (Å²) in [5, 5.41) is 4.26. The minimum absolute atomic E-state index is 0.359. The highest BCUT2D eigenvalue weighted by Gasteiger charge is 2.43. The summed E-state index contributed by atoms with van der Waals surface area (Å²) in [5.41, 5.74) is 1.76. The molecule has 0 bridgehead atoms. The first-order chi connectivity index (χ1) is 7.77. The summed E-state index contributed by atoms with van der Waals surface area (Å²) in [5.74, 6) is 0. The molecule has 88 valence electrons. The van der Waals surface area contributed by atoms with E-state index in [0.717, 1.165) is 24.7 Å². The van der Waals surface area contributed by atoms with E-state index in [1.807, 2.05) is 12.1 Å². The molecule has 0 saturated heterocycles. The van der Waals surface area contributed by atoms with E-state index >= 15 is 0 Å². The van der Waals surface area contributed by atoms with Gasteiger partial charge in [0.2, 0.25) is 0 Å². The molecule has 1 fully saturated rings. The summed E-state index contributed by atoms with van der Waals surface area (Å²) in [4.78, 5) is 0. The lowest BCUT2D eigenvalue weighted by molar-refractivity contribution is 0.198. The maximum atomic E-state index is 5.90. The van der Waals surface area contributed by atoms with Gasteiger partial charge in [-0.3, -0.25) is 0 Å². The fraction of sp³-hybridized carbons (Fsp3) is 0.538. The second-order valence-electron chi connectivity index (χ2n) is 4.46. The van der Waals surface area contributed by atoms with Gasteiger partial charge in [0, 0.05) is 30.6 Å². The first-order valence-electron chi connectivity index (χ1n) is 5.73. The summed E-state index contributed by atoms with van der Waals surface area (Å²) in [6.07, 6.45) is 2.54. The molecule has 0 amide bonds. The molecule has 0 atom stereocenters. The van der Waals surface area contributed by atoms with Crippen LogP contribution in [0.25, 0.3) is 0 Å². The Morgan fingerprint density at radius 2 is 2.00 bits per heavy atom. The molecule has 0 unspecified atom stereocenters. The third-order valence-corrected chi connectivity index (χ3v) is 3.51. The van der Waals surface area contributed by atoms with E-state index < -0.39 is 0 Å². The molecule has 1 aromatic carbocycles. The van der Waals surface area contributed by atoms with Crippen LogP contribution in [0.1, 0.15) is 18.4 Å². The summed E-state index contributed by atoms with van der Waals surface area (Å²) in [6.45, 7) is 2.74. The lowest BCUT2D eigenvalue weighted by Gasteiger charge is -2.16. The molecule has 1 aromatic rings. The van der Waals surface area contributed by atoms with E-state index in [-0.39, 0.29) is 0 Å². The lowest BCUT2D eigenvalue weighted by atomic mass is 9.96. The zero-order valence-corrected chi connectivity index (χ0v) is 10.4. The molecule has 16 heavy (non-hydrogen) atoms. The number of benzene rings is 1. The lowest BCUT2D eigenvalue weighted by Crippen LogP contribution is -2.29. The standard InChI is InChI=1S/C13H18ClNO/c1-16-9-8-15-10-13(6-7-13)11-2-4-12(14)5-3-11/h2-5,15H,6-10H2,1H3. The van der Waals surface area contributed by atoms with Gasteiger partial charge in [-0.25, -0.2) is 0 Å².